The number of carbonyl (C=O) groups is 1. The predicted molar refractivity (Wildman–Crippen MR) is 109 cm³/mol. The minimum atomic E-state index is -0.0109. The molecule has 138 valence electrons. The lowest BCUT2D eigenvalue weighted by atomic mass is 10.1. The molecule has 2 aromatic carbocycles. The molecular formula is C21H26ClN3O. The Morgan fingerprint density at radius 1 is 1.04 bits per heavy atom. The van der Waals surface area contributed by atoms with Gasteiger partial charge in [0, 0.05) is 31.9 Å². The van der Waals surface area contributed by atoms with E-state index in [1.165, 1.54) is 11.3 Å². The summed E-state index contributed by atoms with van der Waals surface area (Å²) in [5.74, 6) is -0.0109. The number of piperazine rings is 1. The van der Waals surface area contributed by atoms with Crippen molar-refractivity contribution in [2.75, 3.05) is 42.9 Å². The van der Waals surface area contributed by atoms with Crippen LogP contribution in [0.3, 0.4) is 0 Å². The van der Waals surface area contributed by atoms with Gasteiger partial charge in [0.15, 0.2) is 0 Å². The summed E-state index contributed by atoms with van der Waals surface area (Å²) in [5.41, 5.74) is 5.40. The first-order valence-corrected chi connectivity index (χ1v) is 9.41. The molecule has 0 aliphatic carbocycles. The standard InChI is InChI=1S/C21H26ClN3O/c1-15-12-17(3)21(18(22)13-15)23-20(26)14-24-8-10-25(11-9-24)19-7-5-4-6-16(19)2/h4-7,12-13H,8-11,14H2,1-3H3,(H,23,26). The minimum Gasteiger partial charge on any atom is -0.369 e. The number of hydrogen-bond donors (Lipinski definition) is 1. The van der Waals surface area contributed by atoms with Crippen LogP contribution in [-0.4, -0.2) is 43.5 Å². The third-order valence-corrected chi connectivity index (χ3v) is 5.19. The van der Waals surface area contributed by atoms with Gasteiger partial charge in [-0.15, -0.1) is 0 Å². The second-order valence-electron chi connectivity index (χ2n) is 7.04. The van der Waals surface area contributed by atoms with Crippen LogP contribution >= 0.6 is 11.6 Å². The van der Waals surface area contributed by atoms with Gasteiger partial charge in [-0.2, -0.15) is 0 Å². The molecular weight excluding hydrogens is 346 g/mol. The van der Waals surface area contributed by atoms with Crippen molar-refractivity contribution in [3.05, 3.63) is 58.1 Å². The lowest BCUT2D eigenvalue weighted by molar-refractivity contribution is -0.117. The Labute approximate surface area is 160 Å². The van der Waals surface area contributed by atoms with Crippen LogP contribution in [0, 0.1) is 20.8 Å². The molecule has 0 spiro atoms. The van der Waals surface area contributed by atoms with Crippen LogP contribution < -0.4 is 10.2 Å². The highest BCUT2D eigenvalue weighted by molar-refractivity contribution is 6.34. The van der Waals surface area contributed by atoms with E-state index in [1.807, 2.05) is 26.0 Å². The molecule has 3 rings (SSSR count). The van der Waals surface area contributed by atoms with Gasteiger partial charge >= 0.3 is 0 Å². The van der Waals surface area contributed by atoms with E-state index < -0.39 is 0 Å². The van der Waals surface area contributed by atoms with Crippen molar-refractivity contribution in [3.8, 4) is 0 Å². The summed E-state index contributed by atoms with van der Waals surface area (Å²) in [6, 6.07) is 12.4. The fraction of sp³-hybridized carbons (Fsp3) is 0.381. The molecule has 1 aliphatic rings. The molecule has 1 N–H and O–H groups in total. The van der Waals surface area contributed by atoms with Crippen molar-refractivity contribution in [3.63, 3.8) is 0 Å². The zero-order valence-corrected chi connectivity index (χ0v) is 16.4. The van der Waals surface area contributed by atoms with Crippen LogP contribution in [0.25, 0.3) is 0 Å². The van der Waals surface area contributed by atoms with Gasteiger partial charge in [0.05, 0.1) is 17.3 Å². The first-order valence-electron chi connectivity index (χ1n) is 9.03. The van der Waals surface area contributed by atoms with Crippen LogP contribution in [-0.2, 0) is 4.79 Å². The Balaban J connectivity index is 1.55. The van der Waals surface area contributed by atoms with Gasteiger partial charge in [-0.1, -0.05) is 35.9 Å². The molecule has 1 saturated heterocycles. The zero-order valence-electron chi connectivity index (χ0n) is 15.7. The second kappa shape index (κ2) is 8.11. The molecule has 0 radical (unpaired) electrons. The minimum absolute atomic E-state index is 0.0109. The van der Waals surface area contributed by atoms with Gasteiger partial charge in [-0.3, -0.25) is 9.69 Å². The third-order valence-electron chi connectivity index (χ3n) is 4.89. The highest BCUT2D eigenvalue weighted by Crippen LogP contribution is 2.27. The fourth-order valence-electron chi connectivity index (χ4n) is 3.52. The highest BCUT2D eigenvalue weighted by atomic mass is 35.5. The average molecular weight is 372 g/mol. The fourth-order valence-corrected chi connectivity index (χ4v) is 3.89. The molecule has 1 fully saturated rings. The van der Waals surface area contributed by atoms with Crippen molar-refractivity contribution < 1.29 is 4.79 Å². The summed E-state index contributed by atoms with van der Waals surface area (Å²) in [5, 5.41) is 3.58. The largest absolute Gasteiger partial charge is 0.369 e. The summed E-state index contributed by atoms with van der Waals surface area (Å²) in [7, 11) is 0. The average Bonchev–Trinajstić information content (AvgIpc) is 2.59. The Kier molecular flexibility index (Phi) is 5.84. The van der Waals surface area contributed by atoms with E-state index in [2.05, 4.69) is 46.3 Å². The van der Waals surface area contributed by atoms with Gasteiger partial charge in [0.2, 0.25) is 5.91 Å². The first kappa shape index (κ1) is 18.7. The summed E-state index contributed by atoms with van der Waals surface area (Å²) in [6.07, 6.45) is 0. The van der Waals surface area contributed by atoms with E-state index in [9.17, 15) is 4.79 Å². The maximum absolute atomic E-state index is 12.5. The monoisotopic (exact) mass is 371 g/mol. The van der Waals surface area contributed by atoms with Gasteiger partial charge in [0.25, 0.3) is 0 Å². The smallest absolute Gasteiger partial charge is 0.238 e. The van der Waals surface area contributed by atoms with Gasteiger partial charge in [-0.05, 0) is 49.6 Å². The maximum atomic E-state index is 12.5. The molecule has 4 nitrogen and oxygen atoms in total. The lowest BCUT2D eigenvalue weighted by Gasteiger charge is -2.36. The van der Waals surface area contributed by atoms with E-state index in [1.54, 1.807) is 0 Å². The van der Waals surface area contributed by atoms with E-state index in [0.29, 0.717) is 11.6 Å². The number of aryl methyl sites for hydroxylation is 3. The Hall–Kier alpha value is -2.04. The quantitative estimate of drug-likeness (QED) is 0.881. The summed E-state index contributed by atoms with van der Waals surface area (Å²) in [6.45, 7) is 10.1. The van der Waals surface area contributed by atoms with E-state index in [0.717, 1.165) is 43.0 Å². The van der Waals surface area contributed by atoms with Crippen molar-refractivity contribution in [1.82, 2.24) is 4.90 Å². The topological polar surface area (TPSA) is 35.6 Å². The molecule has 1 amide bonds. The van der Waals surface area contributed by atoms with Gasteiger partial charge in [-0.25, -0.2) is 0 Å². The number of anilines is 2. The Bertz CT molecular complexity index is 775. The molecule has 2 aromatic rings. The molecule has 1 heterocycles. The molecule has 0 bridgehead atoms. The van der Waals surface area contributed by atoms with E-state index >= 15 is 0 Å². The second-order valence-corrected chi connectivity index (χ2v) is 7.44. The molecule has 0 saturated carbocycles. The van der Waals surface area contributed by atoms with Crippen molar-refractivity contribution in [1.29, 1.82) is 0 Å². The number of amides is 1. The maximum Gasteiger partial charge on any atom is 0.238 e. The number of benzene rings is 2. The SMILES string of the molecule is Cc1cc(C)c(NC(=O)CN2CCN(c3ccccc3C)CC2)c(Cl)c1. The first-order chi connectivity index (χ1) is 12.4. The van der Waals surface area contributed by atoms with Crippen molar-refractivity contribution in [2.24, 2.45) is 0 Å². The molecule has 0 unspecified atom stereocenters. The van der Waals surface area contributed by atoms with Crippen LogP contribution in [0.4, 0.5) is 11.4 Å². The molecule has 5 heteroatoms. The third kappa shape index (κ3) is 4.37. The van der Waals surface area contributed by atoms with E-state index in [-0.39, 0.29) is 5.91 Å². The number of nitrogens with one attached hydrogen (secondary N) is 1. The molecule has 0 atom stereocenters. The lowest BCUT2D eigenvalue weighted by Crippen LogP contribution is -2.48. The van der Waals surface area contributed by atoms with Crippen LogP contribution in [0.5, 0.6) is 0 Å². The molecule has 1 aliphatic heterocycles. The van der Waals surface area contributed by atoms with Gasteiger partial charge < -0.3 is 10.2 Å². The number of halogens is 1. The summed E-state index contributed by atoms with van der Waals surface area (Å²) in [4.78, 5) is 17.0. The number of carbonyl (C=O) groups excluding carboxylic acids is 1. The summed E-state index contributed by atoms with van der Waals surface area (Å²) >= 11 is 6.29. The number of nitrogens with zero attached hydrogens (tertiary/aromatic N) is 2. The molecule has 0 aromatic heterocycles. The normalized spacial score (nSPS) is 15.2. The van der Waals surface area contributed by atoms with Crippen LogP contribution in [0.15, 0.2) is 36.4 Å². The van der Waals surface area contributed by atoms with Crippen molar-refractivity contribution in [2.45, 2.75) is 20.8 Å². The van der Waals surface area contributed by atoms with Crippen LogP contribution in [0.2, 0.25) is 5.02 Å². The van der Waals surface area contributed by atoms with Gasteiger partial charge in [0.1, 0.15) is 0 Å². The van der Waals surface area contributed by atoms with Crippen LogP contribution in [0.1, 0.15) is 16.7 Å². The predicted octanol–water partition coefficient (Wildman–Crippen LogP) is 4.03. The van der Waals surface area contributed by atoms with Crippen molar-refractivity contribution >= 4 is 28.9 Å². The highest BCUT2D eigenvalue weighted by Gasteiger charge is 2.20. The number of rotatable bonds is 4. The molecule has 26 heavy (non-hydrogen) atoms. The summed E-state index contributed by atoms with van der Waals surface area (Å²) < 4.78 is 0. The number of para-hydroxylation sites is 1. The Morgan fingerprint density at radius 3 is 2.38 bits per heavy atom. The number of hydrogen-bond acceptors (Lipinski definition) is 3. The van der Waals surface area contributed by atoms with E-state index in [4.69, 9.17) is 11.6 Å². The Morgan fingerprint density at radius 2 is 1.73 bits per heavy atom. The zero-order chi connectivity index (χ0) is 18.7.